The van der Waals surface area contributed by atoms with Crippen molar-refractivity contribution in [3.05, 3.63) is 85.1 Å². The molecule has 0 saturated heterocycles. The third-order valence-electron chi connectivity index (χ3n) is 6.18. The van der Waals surface area contributed by atoms with Gasteiger partial charge >= 0.3 is 5.97 Å². The first kappa shape index (κ1) is 28.3. The number of aromatic nitrogens is 2. The number of para-hydroxylation sites is 1. The SMILES string of the molecule is COc1cc(C)c(-c2nc3ccccc3c(=O)n2N=Cc2cc(Cl)c(O[C@@H](C)C(=O)O)c(Br)c2)cc1C(C)C. The van der Waals surface area contributed by atoms with Gasteiger partial charge in [-0.3, -0.25) is 4.79 Å². The zero-order valence-corrected chi connectivity index (χ0v) is 24.4. The van der Waals surface area contributed by atoms with Gasteiger partial charge in [-0.15, -0.1) is 0 Å². The van der Waals surface area contributed by atoms with Crippen molar-refractivity contribution < 1.29 is 19.4 Å². The number of fused-ring (bicyclic) bond motifs is 1. The van der Waals surface area contributed by atoms with Crippen LogP contribution in [0.25, 0.3) is 22.3 Å². The van der Waals surface area contributed by atoms with Crippen LogP contribution in [-0.4, -0.2) is 40.2 Å². The number of halogens is 2. The molecule has 1 heterocycles. The highest BCUT2D eigenvalue weighted by atomic mass is 79.9. The quantitative estimate of drug-likeness (QED) is 0.223. The number of hydrogen-bond acceptors (Lipinski definition) is 6. The molecule has 0 saturated carbocycles. The zero-order chi connectivity index (χ0) is 28.4. The van der Waals surface area contributed by atoms with E-state index in [9.17, 15) is 9.59 Å². The van der Waals surface area contributed by atoms with Crippen LogP contribution in [0.1, 0.15) is 43.4 Å². The van der Waals surface area contributed by atoms with Gasteiger partial charge < -0.3 is 14.6 Å². The lowest BCUT2D eigenvalue weighted by atomic mass is 9.96. The predicted octanol–water partition coefficient (Wildman–Crippen LogP) is 6.65. The van der Waals surface area contributed by atoms with Crippen LogP contribution in [0.4, 0.5) is 0 Å². The van der Waals surface area contributed by atoms with E-state index in [2.05, 4.69) is 34.9 Å². The lowest BCUT2D eigenvalue weighted by molar-refractivity contribution is -0.144. The Labute approximate surface area is 239 Å². The maximum Gasteiger partial charge on any atom is 0.344 e. The van der Waals surface area contributed by atoms with E-state index >= 15 is 0 Å². The van der Waals surface area contributed by atoms with E-state index in [-0.39, 0.29) is 22.2 Å². The summed E-state index contributed by atoms with van der Waals surface area (Å²) < 4.78 is 12.8. The fraction of sp³-hybridized carbons (Fsp3) is 0.241. The fourth-order valence-corrected chi connectivity index (χ4v) is 5.05. The molecular formula is C29H27BrClN3O5. The molecule has 4 aromatic rings. The van der Waals surface area contributed by atoms with Crippen LogP contribution < -0.4 is 15.0 Å². The van der Waals surface area contributed by atoms with Gasteiger partial charge in [0.25, 0.3) is 5.56 Å². The summed E-state index contributed by atoms with van der Waals surface area (Å²) in [6, 6.07) is 14.3. The van der Waals surface area contributed by atoms with Gasteiger partial charge in [0.1, 0.15) is 5.75 Å². The Morgan fingerprint density at radius 1 is 1.18 bits per heavy atom. The van der Waals surface area contributed by atoms with Gasteiger partial charge in [0.05, 0.1) is 33.7 Å². The van der Waals surface area contributed by atoms with E-state index in [1.54, 1.807) is 37.4 Å². The molecule has 1 aromatic heterocycles. The number of aliphatic carboxylic acids is 1. The smallest absolute Gasteiger partial charge is 0.344 e. The van der Waals surface area contributed by atoms with Gasteiger partial charge in [-0.05, 0) is 88.8 Å². The number of carboxylic acid groups (broad SMARTS) is 1. The van der Waals surface area contributed by atoms with Crippen molar-refractivity contribution in [1.29, 1.82) is 0 Å². The number of benzene rings is 3. The van der Waals surface area contributed by atoms with Gasteiger partial charge in [-0.2, -0.15) is 9.78 Å². The van der Waals surface area contributed by atoms with Crippen LogP contribution in [0.15, 0.2) is 62.9 Å². The third kappa shape index (κ3) is 5.84. The summed E-state index contributed by atoms with van der Waals surface area (Å²) >= 11 is 9.78. The van der Waals surface area contributed by atoms with E-state index < -0.39 is 12.1 Å². The molecule has 0 radical (unpaired) electrons. The summed E-state index contributed by atoms with van der Waals surface area (Å²) in [7, 11) is 1.64. The molecular weight excluding hydrogens is 586 g/mol. The van der Waals surface area contributed by atoms with Crippen LogP contribution in [0.3, 0.4) is 0 Å². The number of nitrogens with zero attached hydrogens (tertiary/aromatic N) is 3. The van der Waals surface area contributed by atoms with Crippen molar-refractivity contribution in [1.82, 2.24) is 9.66 Å². The maximum atomic E-state index is 13.6. The molecule has 4 rings (SSSR count). The number of carbonyl (C=O) groups is 1. The van der Waals surface area contributed by atoms with E-state index in [0.717, 1.165) is 22.4 Å². The molecule has 0 aliphatic heterocycles. The molecule has 1 atom stereocenters. The average Bonchev–Trinajstić information content (AvgIpc) is 2.89. The predicted molar refractivity (Wildman–Crippen MR) is 157 cm³/mol. The first-order valence-electron chi connectivity index (χ1n) is 12.1. The normalized spacial score (nSPS) is 12.3. The van der Waals surface area contributed by atoms with Crippen molar-refractivity contribution in [2.24, 2.45) is 5.10 Å². The molecule has 202 valence electrons. The molecule has 0 aliphatic rings. The topological polar surface area (TPSA) is 103 Å². The number of ether oxygens (including phenoxy) is 2. The molecule has 0 aliphatic carbocycles. The van der Waals surface area contributed by atoms with Crippen molar-refractivity contribution in [3.63, 3.8) is 0 Å². The van der Waals surface area contributed by atoms with Crippen LogP contribution in [0.5, 0.6) is 11.5 Å². The molecule has 0 unspecified atom stereocenters. The Hall–Kier alpha value is -3.69. The van der Waals surface area contributed by atoms with Crippen molar-refractivity contribution in [3.8, 4) is 22.9 Å². The van der Waals surface area contributed by atoms with Crippen molar-refractivity contribution in [2.75, 3.05) is 7.11 Å². The molecule has 8 nitrogen and oxygen atoms in total. The Morgan fingerprint density at radius 2 is 1.90 bits per heavy atom. The van der Waals surface area contributed by atoms with E-state index in [1.807, 2.05) is 25.1 Å². The molecule has 1 N–H and O–H groups in total. The van der Waals surface area contributed by atoms with Gasteiger partial charge in [-0.1, -0.05) is 37.6 Å². The minimum Gasteiger partial charge on any atom is -0.496 e. The molecule has 10 heteroatoms. The summed E-state index contributed by atoms with van der Waals surface area (Å²) in [5, 5.41) is 14.3. The van der Waals surface area contributed by atoms with Gasteiger partial charge in [0.15, 0.2) is 17.7 Å². The summed E-state index contributed by atoms with van der Waals surface area (Å²) in [5.74, 6) is 0.408. The summed E-state index contributed by atoms with van der Waals surface area (Å²) in [6.07, 6.45) is 0.400. The van der Waals surface area contributed by atoms with Crippen LogP contribution >= 0.6 is 27.5 Å². The third-order valence-corrected chi connectivity index (χ3v) is 7.05. The number of aryl methyl sites for hydroxylation is 1. The molecule has 0 fully saturated rings. The van der Waals surface area contributed by atoms with Crippen molar-refractivity contribution in [2.45, 2.75) is 39.7 Å². The average molecular weight is 613 g/mol. The highest BCUT2D eigenvalue weighted by Crippen LogP contribution is 2.36. The minimum atomic E-state index is -1.12. The Morgan fingerprint density at radius 3 is 2.54 bits per heavy atom. The van der Waals surface area contributed by atoms with Gasteiger partial charge in [0, 0.05) is 5.56 Å². The van der Waals surface area contributed by atoms with Gasteiger partial charge in [-0.25, -0.2) is 9.78 Å². The summed E-state index contributed by atoms with van der Waals surface area (Å²) in [5.41, 5.74) is 3.41. The Bertz CT molecular complexity index is 1640. The first-order valence-corrected chi connectivity index (χ1v) is 13.3. The summed E-state index contributed by atoms with van der Waals surface area (Å²) in [4.78, 5) is 29.7. The van der Waals surface area contributed by atoms with Crippen LogP contribution in [-0.2, 0) is 4.79 Å². The van der Waals surface area contributed by atoms with Crippen LogP contribution in [0, 0.1) is 6.92 Å². The van der Waals surface area contributed by atoms with E-state index in [4.69, 9.17) is 31.2 Å². The zero-order valence-electron chi connectivity index (χ0n) is 22.0. The second kappa shape index (κ2) is 11.6. The number of methoxy groups -OCH3 is 1. The second-order valence-electron chi connectivity index (χ2n) is 9.29. The summed E-state index contributed by atoms with van der Waals surface area (Å²) in [6.45, 7) is 7.49. The number of hydrogen-bond donors (Lipinski definition) is 1. The number of carboxylic acids is 1. The largest absolute Gasteiger partial charge is 0.496 e. The molecule has 3 aromatic carbocycles. The van der Waals surface area contributed by atoms with Crippen LogP contribution in [0.2, 0.25) is 5.02 Å². The van der Waals surface area contributed by atoms with Gasteiger partial charge in [0.2, 0.25) is 0 Å². The van der Waals surface area contributed by atoms with Crippen molar-refractivity contribution >= 4 is 50.6 Å². The lowest BCUT2D eigenvalue weighted by Gasteiger charge is -2.17. The highest BCUT2D eigenvalue weighted by Gasteiger charge is 2.19. The van der Waals surface area contributed by atoms with E-state index in [0.29, 0.717) is 26.8 Å². The standard InChI is InChI=1S/C29H27BrClN3O5/c1-15(2)20-13-21(16(3)10-25(20)38-5)27-33-24-9-7-6-8-19(24)28(35)34(27)32-14-18-11-22(30)26(23(31)12-18)39-17(4)29(36)37/h6-15,17H,1-5H3,(H,36,37)/t17-/m0/s1. The molecule has 39 heavy (non-hydrogen) atoms. The lowest BCUT2D eigenvalue weighted by Crippen LogP contribution is -2.23. The number of rotatable bonds is 8. The second-order valence-corrected chi connectivity index (χ2v) is 10.6. The van der Waals surface area contributed by atoms with E-state index in [1.165, 1.54) is 17.8 Å². The Kier molecular flexibility index (Phi) is 8.42. The minimum absolute atomic E-state index is 0.174. The molecule has 0 bridgehead atoms. The maximum absolute atomic E-state index is 13.6. The highest BCUT2D eigenvalue weighted by molar-refractivity contribution is 9.10. The Balaban J connectivity index is 1.88. The monoisotopic (exact) mass is 611 g/mol. The first-order chi connectivity index (χ1) is 18.5. The molecule has 0 spiro atoms. The fourth-order valence-electron chi connectivity index (χ4n) is 4.09. The molecule has 0 amide bonds.